The quantitative estimate of drug-likeness (QED) is 0.631. The summed E-state index contributed by atoms with van der Waals surface area (Å²) >= 11 is 0. The molecule has 1 atom stereocenters. The summed E-state index contributed by atoms with van der Waals surface area (Å²) in [6.45, 7) is 1.33. The van der Waals surface area contributed by atoms with Gasteiger partial charge in [-0.15, -0.1) is 0 Å². The van der Waals surface area contributed by atoms with E-state index in [-0.39, 0.29) is 23.6 Å². The topological polar surface area (TPSA) is 97.6 Å². The highest BCUT2D eigenvalue weighted by Gasteiger charge is 2.23. The average Bonchev–Trinajstić information content (AvgIpc) is 3.46. The van der Waals surface area contributed by atoms with Crippen LogP contribution in [0.5, 0.6) is 0 Å². The zero-order chi connectivity index (χ0) is 20.5. The van der Waals surface area contributed by atoms with Crippen LogP contribution in [0, 0.1) is 0 Å². The van der Waals surface area contributed by atoms with E-state index in [1.807, 2.05) is 6.07 Å². The van der Waals surface area contributed by atoms with Gasteiger partial charge in [-0.3, -0.25) is 14.0 Å². The van der Waals surface area contributed by atoms with Crippen molar-refractivity contribution in [2.75, 3.05) is 18.5 Å². The maximum atomic E-state index is 13.1. The molecule has 5 rings (SSSR count). The number of ether oxygens (including phenoxy) is 1. The van der Waals surface area contributed by atoms with E-state index in [1.165, 1.54) is 4.40 Å². The lowest BCUT2D eigenvalue weighted by Gasteiger charge is -2.17. The molecule has 8 nitrogen and oxygen atoms in total. The zero-order valence-electron chi connectivity index (χ0n) is 16.8. The summed E-state index contributed by atoms with van der Waals surface area (Å²) in [4.78, 5) is 35.2. The van der Waals surface area contributed by atoms with Crippen LogP contribution in [0.2, 0.25) is 0 Å². The van der Waals surface area contributed by atoms with Gasteiger partial charge < -0.3 is 15.4 Å². The normalized spacial score (nSPS) is 19.5. The van der Waals surface area contributed by atoms with E-state index in [2.05, 4.69) is 20.6 Å². The average molecular weight is 407 g/mol. The van der Waals surface area contributed by atoms with Crippen LogP contribution in [0.1, 0.15) is 48.9 Å². The Bertz CT molecular complexity index is 1150. The first-order chi connectivity index (χ1) is 14.7. The smallest absolute Gasteiger partial charge is 0.267 e. The number of anilines is 1. The molecule has 1 amide bonds. The standard InChI is InChI=1S/C22H25N5O3/c28-21(24-14-6-1-2-7-14)16-12-17-20(25-18-9-3-4-10-27(18)22(17)29)26-19(16)23-13-15-8-5-11-30-15/h3-4,9-10,12,14-15H,1-2,5-8,11,13H2,(H,23,26)(H,24,28). The van der Waals surface area contributed by atoms with Crippen LogP contribution in [0.3, 0.4) is 0 Å². The minimum Gasteiger partial charge on any atom is -0.376 e. The summed E-state index contributed by atoms with van der Waals surface area (Å²) in [5.41, 5.74) is 1.00. The zero-order valence-corrected chi connectivity index (χ0v) is 16.8. The van der Waals surface area contributed by atoms with Crippen LogP contribution in [-0.2, 0) is 4.74 Å². The molecule has 1 saturated carbocycles. The molecule has 2 N–H and O–H groups in total. The maximum Gasteiger partial charge on any atom is 0.267 e. The lowest BCUT2D eigenvalue weighted by molar-refractivity contribution is 0.0938. The molecule has 0 aromatic carbocycles. The van der Waals surface area contributed by atoms with Gasteiger partial charge >= 0.3 is 0 Å². The molecule has 1 aliphatic carbocycles. The summed E-state index contributed by atoms with van der Waals surface area (Å²) in [5.74, 6) is 0.240. The number of pyridine rings is 2. The van der Waals surface area contributed by atoms with Gasteiger partial charge in [-0.2, -0.15) is 0 Å². The second kappa shape index (κ2) is 8.02. The third kappa shape index (κ3) is 3.63. The summed E-state index contributed by atoms with van der Waals surface area (Å²) in [6, 6.07) is 7.17. The van der Waals surface area contributed by atoms with E-state index < -0.39 is 0 Å². The van der Waals surface area contributed by atoms with E-state index in [4.69, 9.17) is 4.74 Å². The Morgan fingerprint density at radius 1 is 1.17 bits per heavy atom. The van der Waals surface area contributed by atoms with Gasteiger partial charge in [0.25, 0.3) is 11.5 Å². The van der Waals surface area contributed by atoms with Crippen molar-refractivity contribution in [3.8, 4) is 0 Å². The third-order valence-electron chi connectivity index (χ3n) is 5.97. The van der Waals surface area contributed by atoms with E-state index in [0.717, 1.165) is 45.1 Å². The molecule has 2 fully saturated rings. The highest BCUT2D eigenvalue weighted by atomic mass is 16.5. The molecule has 1 saturated heterocycles. The number of carbonyl (C=O) groups is 1. The Kier molecular flexibility index (Phi) is 5.08. The fourth-order valence-electron chi connectivity index (χ4n) is 4.34. The van der Waals surface area contributed by atoms with Crippen LogP contribution in [0.4, 0.5) is 5.82 Å². The first-order valence-electron chi connectivity index (χ1n) is 10.7. The summed E-state index contributed by atoms with van der Waals surface area (Å²) in [7, 11) is 0. The van der Waals surface area contributed by atoms with Crippen LogP contribution in [0.25, 0.3) is 16.7 Å². The van der Waals surface area contributed by atoms with Gasteiger partial charge in [0.05, 0.1) is 17.1 Å². The SMILES string of the molecule is O=C(NC1CCCC1)c1cc2c(=O)n3ccccc3nc2nc1NCC1CCCO1. The number of hydrogen-bond acceptors (Lipinski definition) is 6. The van der Waals surface area contributed by atoms with Crippen molar-refractivity contribution in [3.63, 3.8) is 0 Å². The number of fused-ring (bicyclic) bond motifs is 2. The van der Waals surface area contributed by atoms with E-state index >= 15 is 0 Å². The van der Waals surface area contributed by atoms with E-state index in [1.54, 1.807) is 24.4 Å². The van der Waals surface area contributed by atoms with Crippen LogP contribution < -0.4 is 16.2 Å². The van der Waals surface area contributed by atoms with Gasteiger partial charge in [0, 0.05) is 25.4 Å². The van der Waals surface area contributed by atoms with Gasteiger partial charge in [0.1, 0.15) is 11.5 Å². The number of aromatic nitrogens is 3. The van der Waals surface area contributed by atoms with Crippen molar-refractivity contribution in [2.24, 2.45) is 0 Å². The fourth-order valence-corrected chi connectivity index (χ4v) is 4.34. The molecule has 4 heterocycles. The van der Waals surface area contributed by atoms with Gasteiger partial charge in [0.15, 0.2) is 5.65 Å². The van der Waals surface area contributed by atoms with Crippen molar-refractivity contribution in [1.82, 2.24) is 19.7 Å². The lowest BCUT2D eigenvalue weighted by atomic mass is 10.1. The predicted octanol–water partition coefficient (Wildman–Crippen LogP) is 2.51. The number of hydrogen-bond donors (Lipinski definition) is 2. The molecule has 0 bridgehead atoms. The largest absolute Gasteiger partial charge is 0.376 e. The second-order valence-corrected chi connectivity index (χ2v) is 8.07. The van der Waals surface area contributed by atoms with Crippen LogP contribution in [-0.4, -0.2) is 45.6 Å². The Labute approximate surface area is 173 Å². The molecule has 1 unspecified atom stereocenters. The fraction of sp³-hybridized carbons (Fsp3) is 0.455. The molecule has 3 aromatic heterocycles. The molecule has 30 heavy (non-hydrogen) atoms. The van der Waals surface area contributed by atoms with Crippen molar-refractivity contribution < 1.29 is 9.53 Å². The van der Waals surface area contributed by atoms with Gasteiger partial charge in [-0.25, -0.2) is 9.97 Å². The Hall–Kier alpha value is -3.00. The minimum absolute atomic E-state index is 0.100. The number of carbonyl (C=O) groups excluding carboxylic acids is 1. The molecular formula is C22H25N5O3. The monoisotopic (exact) mass is 407 g/mol. The highest BCUT2D eigenvalue weighted by Crippen LogP contribution is 2.22. The Morgan fingerprint density at radius 3 is 2.83 bits per heavy atom. The van der Waals surface area contributed by atoms with Crippen LogP contribution in [0.15, 0.2) is 35.3 Å². The Morgan fingerprint density at radius 2 is 2.03 bits per heavy atom. The van der Waals surface area contributed by atoms with Gasteiger partial charge in [-0.1, -0.05) is 18.9 Å². The first-order valence-corrected chi connectivity index (χ1v) is 10.7. The van der Waals surface area contributed by atoms with Gasteiger partial charge in [-0.05, 0) is 43.9 Å². The van der Waals surface area contributed by atoms with Crippen molar-refractivity contribution in [1.29, 1.82) is 0 Å². The summed E-state index contributed by atoms with van der Waals surface area (Å²) in [5, 5.41) is 6.71. The molecule has 1 aliphatic heterocycles. The highest BCUT2D eigenvalue weighted by molar-refractivity contribution is 6.02. The molecule has 156 valence electrons. The Balaban J connectivity index is 1.56. The maximum absolute atomic E-state index is 13.1. The summed E-state index contributed by atoms with van der Waals surface area (Å²) in [6.07, 6.45) is 8.02. The van der Waals surface area contributed by atoms with E-state index in [0.29, 0.717) is 34.6 Å². The van der Waals surface area contributed by atoms with Gasteiger partial charge in [0.2, 0.25) is 0 Å². The number of rotatable bonds is 5. The molecule has 0 radical (unpaired) electrons. The second-order valence-electron chi connectivity index (χ2n) is 8.07. The molecule has 2 aliphatic rings. The lowest BCUT2D eigenvalue weighted by Crippen LogP contribution is -2.34. The molecule has 8 heteroatoms. The number of amides is 1. The van der Waals surface area contributed by atoms with Crippen LogP contribution >= 0.6 is 0 Å². The van der Waals surface area contributed by atoms with Crippen molar-refractivity contribution >= 4 is 28.4 Å². The molecule has 3 aromatic rings. The molecular weight excluding hydrogens is 382 g/mol. The minimum atomic E-state index is -0.233. The summed E-state index contributed by atoms with van der Waals surface area (Å²) < 4.78 is 7.16. The molecule has 0 spiro atoms. The predicted molar refractivity (Wildman–Crippen MR) is 114 cm³/mol. The van der Waals surface area contributed by atoms with Crippen molar-refractivity contribution in [2.45, 2.75) is 50.7 Å². The van der Waals surface area contributed by atoms with E-state index in [9.17, 15) is 9.59 Å². The third-order valence-corrected chi connectivity index (χ3v) is 5.97. The van der Waals surface area contributed by atoms with Crippen molar-refractivity contribution in [3.05, 3.63) is 46.4 Å². The number of nitrogens with zero attached hydrogens (tertiary/aromatic N) is 3. The first kappa shape index (κ1) is 19.0. The number of nitrogens with one attached hydrogen (secondary N) is 2.